The first kappa shape index (κ1) is 11.2. The van der Waals surface area contributed by atoms with Gasteiger partial charge in [0.05, 0.1) is 0 Å². The Morgan fingerprint density at radius 2 is 1.42 bits per heavy atom. The molecule has 6 heteroatoms. The van der Waals surface area contributed by atoms with Crippen molar-refractivity contribution in [1.29, 1.82) is 0 Å². The van der Waals surface area contributed by atoms with Crippen LogP contribution in [0, 0.1) is 0 Å². The van der Waals surface area contributed by atoms with Crippen molar-refractivity contribution in [2.75, 3.05) is 0 Å². The summed E-state index contributed by atoms with van der Waals surface area (Å²) in [5, 5.41) is 0.766. The number of halogens is 5. The van der Waals surface area contributed by atoms with E-state index in [1.54, 1.807) is 24.3 Å². The molecule has 1 aromatic carbocycles. The molecule has 1 aromatic rings. The van der Waals surface area contributed by atoms with E-state index >= 15 is 0 Å². The Hall–Kier alpha value is 1.10. The molecule has 0 N–H and O–H groups in total. The maximum atomic E-state index is 5.79. The molecule has 12 heavy (non-hydrogen) atoms. The third kappa shape index (κ3) is 2.80. The van der Waals surface area contributed by atoms with E-state index in [1.165, 1.54) is 0 Å². The Labute approximate surface area is 94.8 Å². The van der Waals surface area contributed by atoms with Crippen molar-refractivity contribution >= 4 is 65.9 Å². The average Bonchev–Trinajstić information content (AvgIpc) is 1.84. The molecule has 0 saturated carbocycles. The summed E-state index contributed by atoms with van der Waals surface area (Å²) in [6, 6.07) is 6.71. The van der Waals surface area contributed by atoms with Gasteiger partial charge < -0.3 is 0 Å². The van der Waals surface area contributed by atoms with E-state index in [2.05, 4.69) is 0 Å². The van der Waals surface area contributed by atoms with Crippen LogP contribution in [0.5, 0.6) is 0 Å². The molecule has 68 valence electrons. The van der Waals surface area contributed by atoms with Crippen LogP contribution >= 0.6 is 60.6 Å². The SMILES string of the molecule is Clc1ccccc1P(Cl)(Cl)(Cl)Cl. The van der Waals surface area contributed by atoms with Crippen LogP contribution < -0.4 is 5.30 Å². The van der Waals surface area contributed by atoms with Gasteiger partial charge in [0.25, 0.3) is 0 Å². The monoisotopic (exact) mass is 282 g/mol. The first-order chi connectivity index (χ1) is 5.27. The summed E-state index contributed by atoms with van der Waals surface area (Å²) < 4.78 is -3.78. The predicted octanol–water partition coefficient (Wildman–Crippen LogP) is 5.13. The molecule has 0 amide bonds. The number of rotatable bonds is 1. The van der Waals surface area contributed by atoms with Gasteiger partial charge in [-0.25, -0.2) is 0 Å². The molecule has 0 unspecified atom stereocenters. The molecule has 0 fully saturated rings. The van der Waals surface area contributed by atoms with Crippen molar-refractivity contribution in [1.82, 2.24) is 0 Å². The minimum atomic E-state index is -3.78. The van der Waals surface area contributed by atoms with Crippen molar-refractivity contribution in [2.24, 2.45) is 0 Å². The van der Waals surface area contributed by atoms with Gasteiger partial charge in [-0.1, -0.05) is 0 Å². The van der Waals surface area contributed by atoms with E-state index in [0.29, 0.717) is 10.3 Å². The average molecular weight is 284 g/mol. The Balaban J connectivity index is 3.30. The molecular formula is C6H4Cl5P. The van der Waals surface area contributed by atoms with Gasteiger partial charge in [0.1, 0.15) is 0 Å². The van der Waals surface area contributed by atoms with Crippen LogP contribution in [0.2, 0.25) is 5.02 Å². The first-order valence-corrected chi connectivity index (χ1v) is 9.15. The van der Waals surface area contributed by atoms with Crippen LogP contribution in [-0.2, 0) is 0 Å². The van der Waals surface area contributed by atoms with Gasteiger partial charge in [-0.2, -0.15) is 0 Å². The van der Waals surface area contributed by atoms with E-state index in [-0.39, 0.29) is 0 Å². The van der Waals surface area contributed by atoms with Crippen LogP contribution in [0.4, 0.5) is 0 Å². The fourth-order valence-corrected chi connectivity index (χ4v) is 4.37. The molecule has 0 aromatic heterocycles. The van der Waals surface area contributed by atoms with Crippen LogP contribution in [0.3, 0.4) is 0 Å². The van der Waals surface area contributed by atoms with Crippen molar-refractivity contribution in [3.05, 3.63) is 29.3 Å². The molecule has 0 nitrogen and oxygen atoms in total. The molecule has 0 bridgehead atoms. The molecule has 0 aliphatic carbocycles. The molecule has 0 aliphatic heterocycles. The van der Waals surface area contributed by atoms with Gasteiger partial charge in [-0.3, -0.25) is 0 Å². The van der Waals surface area contributed by atoms with Crippen LogP contribution in [0.1, 0.15) is 0 Å². The Kier molecular flexibility index (Phi) is 3.12. The van der Waals surface area contributed by atoms with Crippen LogP contribution in [0.25, 0.3) is 0 Å². The van der Waals surface area contributed by atoms with E-state index < -0.39 is 4.01 Å². The molecule has 1 rings (SSSR count). The Morgan fingerprint density at radius 3 is 1.75 bits per heavy atom. The quantitative estimate of drug-likeness (QED) is 0.627. The number of hydrogen-bond acceptors (Lipinski definition) is 0. The third-order valence-electron chi connectivity index (χ3n) is 1.22. The minimum absolute atomic E-state index is 0.380. The fraction of sp³-hybridized carbons (Fsp3) is 0. The number of benzene rings is 1. The molecule has 0 radical (unpaired) electrons. The summed E-state index contributed by atoms with van der Waals surface area (Å²) in [5.41, 5.74) is 0. The maximum absolute atomic E-state index is 5.79. The summed E-state index contributed by atoms with van der Waals surface area (Å²) in [7, 11) is 0. The Morgan fingerprint density at radius 1 is 0.917 bits per heavy atom. The molecular weight excluding hydrogens is 280 g/mol. The van der Waals surface area contributed by atoms with Crippen LogP contribution in [0.15, 0.2) is 24.3 Å². The predicted molar refractivity (Wildman–Crippen MR) is 61.4 cm³/mol. The zero-order chi connectivity index (χ0) is 9.43. The van der Waals surface area contributed by atoms with Gasteiger partial charge in [0, 0.05) is 0 Å². The van der Waals surface area contributed by atoms with E-state index in [9.17, 15) is 0 Å². The van der Waals surface area contributed by atoms with Crippen molar-refractivity contribution in [3.63, 3.8) is 0 Å². The van der Waals surface area contributed by atoms with Crippen molar-refractivity contribution < 1.29 is 0 Å². The first-order valence-electron chi connectivity index (χ1n) is 2.92. The molecule has 0 atom stereocenters. The third-order valence-corrected chi connectivity index (χ3v) is 4.98. The molecule has 0 saturated heterocycles. The second-order valence-electron chi connectivity index (χ2n) is 2.17. The van der Waals surface area contributed by atoms with Crippen molar-refractivity contribution in [3.8, 4) is 0 Å². The Bertz CT molecular complexity index is 293. The normalized spacial score (nSPS) is 15.2. The van der Waals surface area contributed by atoms with Gasteiger partial charge in [-0.05, 0) is 0 Å². The molecule has 0 heterocycles. The summed E-state index contributed by atoms with van der Waals surface area (Å²) in [4.78, 5) is 0. The van der Waals surface area contributed by atoms with E-state index in [0.717, 1.165) is 0 Å². The van der Waals surface area contributed by atoms with Crippen molar-refractivity contribution in [2.45, 2.75) is 0 Å². The topological polar surface area (TPSA) is 0 Å². The van der Waals surface area contributed by atoms with Crippen LogP contribution in [-0.4, -0.2) is 0 Å². The van der Waals surface area contributed by atoms with Gasteiger partial charge in [0.2, 0.25) is 0 Å². The standard InChI is InChI=1S/C6H4Cl5P/c7-5-3-1-2-4-6(5)12(8,9,10)11/h1-4H. The molecule has 0 aliphatic rings. The van der Waals surface area contributed by atoms with Gasteiger partial charge in [-0.15, -0.1) is 0 Å². The summed E-state index contributed by atoms with van der Waals surface area (Å²) in [6.07, 6.45) is 0. The summed E-state index contributed by atoms with van der Waals surface area (Å²) >= 11 is 28.8. The van der Waals surface area contributed by atoms with E-state index in [1.807, 2.05) is 0 Å². The van der Waals surface area contributed by atoms with E-state index in [4.69, 9.17) is 56.6 Å². The zero-order valence-electron chi connectivity index (χ0n) is 5.65. The summed E-state index contributed by atoms with van der Waals surface area (Å²) in [6.45, 7) is 0. The summed E-state index contributed by atoms with van der Waals surface area (Å²) in [5.74, 6) is 0. The second-order valence-corrected chi connectivity index (χ2v) is 15.7. The zero-order valence-corrected chi connectivity index (χ0v) is 10.3. The second kappa shape index (κ2) is 3.35. The molecule has 0 spiro atoms. The van der Waals surface area contributed by atoms with Gasteiger partial charge in [0.15, 0.2) is 0 Å². The number of hydrogen-bond donors (Lipinski definition) is 0. The fourth-order valence-electron chi connectivity index (χ4n) is 0.726. The van der Waals surface area contributed by atoms with Gasteiger partial charge >= 0.3 is 95.2 Å².